The highest BCUT2D eigenvalue weighted by Crippen LogP contribution is 2.48. The van der Waals surface area contributed by atoms with Crippen LogP contribution in [0.1, 0.15) is 164 Å². The van der Waals surface area contributed by atoms with E-state index in [0.29, 0.717) is 23.0 Å². The van der Waals surface area contributed by atoms with Crippen LogP contribution in [0, 0.1) is 29.5 Å². The second kappa shape index (κ2) is 22.8. The highest BCUT2D eigenvalue weighted by molar-refractivity contribution is 6.15. The first-order valence-corrected chi connectivity index (χ1v) is 17.9. The number of hydrogen-bond donors (Lipinski definition) is 1. The quantitative estimate of drug-likeness (QED) is 0.130. The maximum atomic E-state index is 15.6. The lowest BCUT2D eigenvalue weighted by Crippen LogP contribution is -2.17. The van der Waals surface area contributed by atoms with Gasteiger partial charge in [0.1, 0.15) is 5.82 Å². The van der Waals surface area contributed by atoms with Crippen molar-refractivity contribution in [2.45, 2.75) is 156 Å². The Kier molecular flexibility index (Phi) is 22.5. The van der Waals surface area contributed by atoms with Crippen molar-refractivity contribution in [3.63, 3.8) is 0 Å². The summed E-state index contributed by atoms with van der Waals surface area (Å²) in [5.41, 5.74) is 9.88. The first-order chi connectivity index (χ1) is 21.6. The second-order valence-electron chi connectivity index (χ2n) is 12.8. The predicted molar refractivity (Wildman–Crippen MR) is 207 cm³/mol. The van der Waals surface area contributed by atoms with Gasteiger partial charge in [-0.05, 0) is 127 Å². The van der Waals surface area contributed by atoms with Gasteiger partial charge in [-0.1, -0.05) is 105 Å². The molecule has 1 aromatic carbocycles. The molecule has 0 heterocycles. The number of ether oxygens (including phenoxy) is 1. The van der Waals surface area contributed by atoms with Gasteiger partial charge in [-0.25, -0.2) is 4.39 Å². The Morgan fingerprint density at radius 3 is 1.74 bits per heavy atom. The maximum Gasteiger partial charge on any atom is 0.136 e. The van der Waals surface area contributed by atoms with Crippen molar-refractivity contribution in [1.82, 2.24) is 0 Å². The summed E-state index contributed by atoms with van der Waals surface area (Å²) in [6.07, 6.45) is 11.9. The summed E-state index contributed by atoms with van der Waals surface area (Å²) in [6, 6.07) is 0. The molecule has 1 N–H and O–H groups in total. The van der Waals surface area contributed by atoms with E-state index in [4.69, 9.17) is 10.1 Å². The van der Waals surface area contributed by atoms with Crippen LogP contribution in [0.5, 0.6) is 0 Å². The molecule has 0 unspecified atom stereocenters. The third-order valence-electron chi connectivity index (χ3n) is 9.61. The van der Waals surface area contributed by atoms with E-state index >= 15 is 4.39 Å². The average molecular weight is 638 g/mol. The number of rotatable bonds is 13. The van der Waals surface area contributed by atoms with E-state index in [2.05, 4.69) is 47.8 Å². The van der Waals surface area contributed by atoms with Gasteiger partial charge >= 0.3 is 0 Å². The molecule has 2 rings (SSSR count). The van der Waals surface area contributed by atoms with Crippen LogP contribution >= 0.6 is 0 Å². The van der Waals surface area contributed by atoms with Crippen molar-refractivity contribution >= 4 is 11.8 Å². The molecule has 0 saturated heterocycles. The molecule has 0 aliphatic heterocycles. The molecule has 1 aromatic rings. The maximum absolute atomic E-state index is 15.6. The van der Waals surface area contributed by atoms with Crippen LogP contribution in [-0.4, -0.2) is 12.3 Å². The summed E-state index contributed by atoms with van der Waals surface area (Å²) in [7, 11) is 0. The summed E-state index contributed by atoms with van der Waals surface area (Å²) in [5.74, 6) is 1.49. The topological polar surface area (TPSA) is 33.1 Å². The van der Waals surface area contributed by atoms with E-state index in [-0.39, 0.29) is 11.5 Å². The van der Waals surface area contributed by atoms with Gasteiger partial charge < -0.3 is 4.74 Å². The van der Waals surface area contributed by atoms with Crippen molar-refractivity contribution in [3.05, 3.63) is 86.5 Å². The van der Waals surface area contributed by atoms with Crippen molar-refractivity contribution in [2.24, 2.45) is 11.3 Å². The molecule has 0 bridgehead atoms. The normalized spacial score (nSPS) is 13.5. The van der Waals surface area contributed by atoms with Crippen LogP contribution < -0.4 is 0 Å². The summed E-state index contributed by atoms with van der Waals surface area (Å²) < 4.78 is 21.0. The molecule has 1 aliphatic rings. The van der Waals surface area contributed by atoms with Crippen molar-refractivity contribution in [2.75, 3.05) is 6.61 Å². The molecule has 0 atom stereocenters. The van der Waals surface area contributed by atoms with Crippen molar-refractivity contribution < 1.29 is 9.13 Å². The summed E-state index contributed by atoms with van der Waals surface area (Å²) in [4.78, 5) is 0. The number of allylic oxidation sites excluding steroid dienone is 7. The van der Waals surface area contributed by atoms with Gasteiger partial charge in [0.15, 0.2) is 0 Å². The fourth-order valence-electron chi connectivity index (χ4n) is 5.10. The minimum absolute atomic E-state index is 0.278. The SMILES string of the molecule is C=C(C)OCC1(CC)CC1.C=Cc1c(C)c(F)c(C(=N)/C(C(C)=C(C)C)=C(C)\C(C)=C/C)c(CC)c1CC.CC.CCC(C)CC. The lowest BCUT2D eigenvalue weighted by atomic mass is 9.82. The molecule has 262 valence electrons. The lowest BCUT2D eigenvalue weighted by molar-refractivity contribution is 0.153. The Hall–Kier alpha value is -2.68. The molecule has 3 heteroatoms. The van der Waals surface area contributed by atoms with E-state index in [9.17, 15) is 0 Å². The Bertz CT molecular complexity index is 1230. The highest BCUT2D eigenvalue weighted by atomic mass is 19.1. The largest absolute Gasteiger partial charge is 0.498 e. The van der Waals surface area contributed by atoms with Crippen molar-refractivity contribution in [1.29, 1.82) is 5.41 Å². The first kappa shape index (κ1) is 45.4. The zero-order valence-electron chi connectivity index (χ0n) is 33.1. The van der Waals surface area contributed by atoms with Gasteiger partial charge in [0, 0.05) is 16.6 Å². The zero-order valence-corrected chi connectivity index (χ0v) is 33.1. The number of nitrogens with one attached hydrogen (secondary N) is 1. The molecule has 46 heavy (non-hydrogen) atoms. The summed E-state index contributed by atoms with van der Waals surface area (Å²) in [6.45, 7) is 41.5. The Labute approximate surface area is 285 Å². The van der Waals surface area contributed by atoms with Gasteiger partial charge in [0.2, 0.25) is 0 Å². The van der Waals surface area contributed by atoms with Crippen LogP contribution in [0.4, 0.5) is 4.39 Å². The van der Waals surface area contributed by atoms with Crippen LogP contribution in [0.3, 0.4) is 0 Å². The van der Waals surface area contributed by atoms with Crippen LogP contribution in [0.2, 0.25) is 0 Å². The molecular weight excluding hydrogens is 565 g/mol. The molecule has 1 saturated carbocycles. The van der Waals surface area contributed by atoms with Gasteiger partial charge in [0.25, 0.3) is 0 Å². The molecule has 0 aromatic heterocycles. The van der Waals surface area contributed by atoms with Crippen molar-refractivity contribution in [3.8, 4) is 0 Å². The minimum Gasteiger partial charge on any atom is -0.498 e. The smallest absolute Gasteiger partial charge is 0.136 e. The molecule has 1 fully saturated rings. The third-order valence-corrected chi connectivity index (χ3v) is 9.61. The van der Waals surface area contributed by atoms with Gasteiger partial charge in [0.05, 0.1) is 18.1 Å². The molecule has 0 amide bonds. The Morgan fingerprint density at radius 1 is 0.935 bits per heavy atom. The number of hydrogen-bond acceptors (Lipinski definition) is 2. The average Bonchev–Trinajstić information content (AvgIpc) is 3.85. The van der Waals surface area contributed by atoms with Gasteiger partial charge in [-0.2, -0.15) is 0 Å². The second-order valence-corrected chi connectivity index (χ2v) is 12.8. The fraction of sp³-hybridized carbons (Fsp3) is 0.605. The van der Waals surface area contributed by atoms with E-state index in [1.54, 1.807) is 13.0 Å². The number of benzene rings is 1. The van der Waals surface area contributed by atoms with Crippen LogP contribution in [0.15, 0.2) is 52.9 Å². The molecule has 0 spiro atoms. The Balaban J connectivity index is 0. The third kappa shape index (κ3) is 13.2. The Morgan fingerprint density at radius 2 is 1.43 bits per heavy atom. The van der Waals surface area contributed by atoms with E-state index in [0.717, 1.165) is 69.3 Å². The lowest BCUT2D eigenvalue weighted by Gasteiger charge is -2.23. The van der Waals surface area contributed by atoms with E-state index in [1.807, 2.05) is 75.3 Å². The van der Waals surface area contributed by atoms with Gasteiger partial charge in [-0.15, -0.1) is 0 Å². The molecule has 0 radical (unpaired) electrons. The summed E-state index contributed by atoms with van der Waals surface area (Å²) >= 11 is 0. The van der Waals surface area contributed by atoms with E-state index in [1.165, 1.54) is 32.1 Å². The summed E-state index contributed by atoms with van der Waals surface area (Å²) in [5, 5.41) is 9.11. The highest BCUT2D eigenvalue weighted by Gasteiger charge is 2.41. The first-order valence-electron chi connectivity index (χ1n) is 17.9. The molecule has 2 nitrogen and oxygen atoms in total. The molecular formula is C43H72FNO. The van der Waals surface area contributed by atoms with Crippen LogP contribution in [0.25, 0.3) is 6.08 Å². The molecule has 1 aliphatic carbocycles. The standard InChI is InChI=1S/C26H36FN.C9H16O.C6H14.C2H6/c1-11-16(7)18(9)23(17(8)15(5)6)26(28)24-22(14-4)21(13-3)20(12-2)19(10)25(24)27;1-4-9(5-6-9)7-10-8(2)3;1-4-6(3)5-2;1-2/h11-12,28H,2,13-14H2,1,3-10H3;2,4-7H2,1,3H3;6H,4-5H2,1-3H3;1-2H3/b16-11-,23-18-,28-26?;;;. The monoisotopic (exact) mass is 638 g/mol. The minimum atomic E-state index is -0.293. The number of halogens is 1. The fourth-order valence-corrected chi connectivity index (χ4v) is 5.10. The van der Waals surface area contributed by atoms with Crippen LogP contribution in [-0.2, 0) is 17.6 Å². The predicted octanol–water partition coefficient (Wildman–Crippen LogP) is 14.1. The zero-order chi connectivity index (χ0) is 36.4. The van der Waals surface area contributed by atoms with Gasteiger partial charge in [-0.3, -0.25) is 5.41 Å². The van der Waals surface area contributed by atoms with E-state index < -0.39 is 0 Å².